The number of carbonyl (C=O) groups excluding carboxylic acids is 1. The SMILES string of the molecule is Cc1nc2ccncn2c1-c1ccnc(C2(c3ccc(C(=O)NO)cc3)CC2)n1. The van der Waals surface area contributed by atoms with Gasteiger partial charge in [0.2, 0.25) is 0 Å². The molecule has 8 heteroatoms. The minimum Gasteiger partial charge on any atom is -0.288 e. The van der Waals surface area contributed by atoms with Crippen LogP contribution >= 0.6 is 0 Å². The highest BCUT2D eigenvalue weighted by atomic mass is 16.5. The van der Waals surface area contributed by atoms with Gasteiger partial charge >= 0.3 is 0 Å². The first kappa shape index (κ1) is 17.4. The summed E-state index contributed by atoms with van der Waals surface area (Å²) in [4.78, 5) is 29.8. The number of aryl methyl sites for hydroxylation is 1. The lowest BCUT2D eigenvalue weighted by Crippen LogP contribution is -2.19. The Labute approximate surface area is 166 Å². The predicted octanol–water partition coefficient (Wildman–Crippen LogP) is 2.69. The second-order valence-corrected chi connectivity index (χ2v) is 7.22. The smallest absolute Gasteiger partial charge is 0.274 e. The van der Waals surface area contributed by atoms with Crippen LogP contribution in [0.4, 0.5) is 0 Å². The molecule has 0 unspecified atom stereocenters. The first-order chi connectivity index (χ1) is 14.1. The Morgan fingerprint density at radius 2 is 1.90 bits per heavy atom. The second kappa shape index (κ2) is 6.46. The average molecular weight is 386 g/mol. The molecule has 5 rings (SSSR count). The van der Waals surface area contributed by atoms with Crippen LogP contribution in [0.2, 0.25) is 0 Å². The molecule has 2 N–H and O–H groups in total. The van der Waals surface area contributed by atoms with Crippen LogP contribution in [-0.2, 0) is 5.41 Å². The maximum Gasteiger partial charge on any atom is 0.274 e. The molecule has 1 fully saturated rings. The number of hydroxylamine groups is 1. The maximum absolute atomic E-state index is 11.6. The number of hydrogen-bond donors (Lipinski definition) is 2. The lowest BCUT2D eigenvalue weighted by Gasteiger charge is -2.15. The average Bonchev–Trinajstić information content (AvgIpc) is 3.50. The minimum atomic E-state index is -0.531. The van der Waals surface area contributed by atoms with Gasteiger partial charge in [0.1, 0.15) is 17.8 Å². The van der Waals surface area contributed by atoms with Gasteiger partial charge in [-0.05, 0) is 49.6 Å². The largest absolute Gasteiger partial charge is 0.288 e. The Kier molecular flexibility index (Phi) is 3.88. The van der Waals surface area contributed by atoms with Gasteiger partial charge in [-0.15, -0.1) is 0 Å². The van der Waals surface area contributed by atoms with Crippen molar-refractivity contribution in [3.63, 3.8) is 0 Å². The number of nitrogens with zero attached hydrogens (tertiary/aromatic N) is 5. The van der Waals surface area contributed by atoms with Gasteiger partial charge in [-0.25, -0.2) is 25.4 Å². The van der Waals surface area contributed by atoms with E-state index < -0.39 is 5.91 Å². The summed E-state index contributed by atoms with van der Waals surface area (Å²) in [5.41, 5.74) is 6.27. The molecular weight excluding hydrogens is 368 g/mol. The molecule has 0 radical (unpaired) electrons. The molecule has 1 saturated carbocycles. The summed E-state index contributed by atoms with van der Waals surface area (Å²) >= 11 is 0. The molecule has 4 aromatic rings. The fourth-order valence-electron chi connectivity index (χ4n) is 3.82. The minimum absolute atomic E-state index is 0.253. The van der Waals surface area contributed by atoms with Crippen LogP contribution in [0.3, 0.4) is 0 Å². The van der Waals surface area contributed by atoms with Crippen molar-refractivity contribution in [2.75, 3.05) is 0 Å². The highest BCUT2D eigenvalue weighted by molar-refractivity contribution is 5.93. The number of benzene rings is 1. The van der Waals surface area contributed by atoms with Gasteiger partial charge in [0.05, 0.1) is 22.5 Å². The van der Waals surface area contributed by atoms with Crippen LogP contribution in [-0.4, -0.2) is 35.5 Å². The number of imidazole rings is 1. The van der Waals surface area contributed by atoms with E-state index >= 15 is 0 Å². The van der Waals surface area contributed by atoms with Crippen LogP contribution < -0.4 is 5.48 Å². The summed E-state index contributed by atoms with van der Waals surface area (Å²) in [5, 5.41) is 8.80. The number of carbonyl (C=O) groups is 1. The Hall–Kier alpha value is -3.65. The molecule has 1 amide bonds. The van der Waals surface area contributed by atoms with E-state index in [0.29, 0.717) is 5.56 Å². The normalized spacial score (nSPS) is 14.7. The predicted molar refractivity (Wildman–Crippen MR) is 104 cm³/mol. The van der Waals surface area contributed by atoms with Crippen molar-refractivity contribution in [3.8, 4) is 11.4 Å². The third-order valence-corrected chi connectivity index (χ3v) is 5.48. The number of amides is 1. The van der Waals surface area contributed by atoms with E-state index in [9.17, 15) is 4.79 Å². The Morgan fingerprint density at radius 1 is 1.10 bits per heavy atom. The first-order valence-electron chi connectivity index (χ1n) is 9.30. The van der Waals surface area contributed by atoms with Gasteiger partial charge < -0.3 is 0 Å². The fraction of sp³-hybridized carbons (Fsp3) is 0.190. The van der Waals surface area contributed by atoms with E-state index in [2.05, 4.69) is 15.0 Å². The van der Waals surface area contributed by atoms with Crippen LogP contribution in [0, 0.1) is 6.92 Å². The molecule has 1 aromatic carbocycles. The Balaban J connectivity index is 1.56. The molecular formula is C21H18N6O2. The van der Waals surface area contributed by atoms with E-state index in [1.165, 1.54) is 0 Å². The van der Waals surface area contributed by atoms with Crippen molar-refractivity contribution in [2.45, 2.75) is 25.2 Å². The van der Waals surface area contributed by atoms with Crippen LogP contribution in [0.25, 0.3) is 17.0 Å². The first-order valence-corrected chi connectivity index (χ1v) is 9.30. The zero-order valence-electron chi connectivity index (χ0n) is 15.7. The summed E-state index contributed by atoms with van der Waals surface area (Å²) in [5.74, 6) is 0.226. The van der Waals surface area contributed by atoms with Crippen molar-refractivity contribution >= 4 is 11.6 Å². The van der Waals surface area contributed by atoms with Gasteiger partial charge in [0.15, 0.2) is 0 Å². The molecule has 144 valence electrons. The number of fused-ring (bicyclic) bond motifs is 1. The topological polar surface area (TPSA) is 105 Å². The summed E-state index contributed by atoms with van der Waals surface area (Å²) < 4.78 is 1.93. The van der Waals surface area contributed by atoms with Crippen molar-refractivity contribution in [2.24, 2.45) is 0 Å². The zero-order valence-corrected chi connectivity index (χ0v) is 15.7. The van der Waals surface area contributed by atoms with Crippen molar-refractivity contribution in [3.05, 3.63) is 77.8 Å². The molecule has 1 aliphatic rings. The number of aromatic nitrogens is 5. The van der Waals surface area contributed by atoms with Gasteiger partial charge in [-0.3, -0.25) is 14.4 Å². The van der Waals surface area contributed by atoms with Gasteiger partial charge in [0, 0.05) is 18.0 Å². The number of nitrogens with one attached hydrogen (secondary N) is 1. The fourth-order valence-corrected chi connectivity index (χ4v) is 3.82. The highest BCUT2D eigenvalue weighted by Gasteiger charge is 2.48. The third kappa shape index (κ3) is 2.76. The molecule has 3 heterocycles. The van der Waals surface area contributed by atoms with Crippen LogP contribution in [0.5, 0.6) is 0 Å². The molecule has 0 aliphatic heterocycles. The number of hydrogen-bond acceptors (Lipinski definition) is 6. The Morgan fingerprint density at radius 3 is 2.62 bits per heavy atom. The van der Waals surface area contributed by atoms with Crippen LogP contribution in [0.1, 0.15) is 40.3 Å². The molecule has 0 saturated heterocycles. The zero-order chi connectivity index (χ0) is 20.0. The molecule has 0 atom stereocenters. The number of rotatable bonds is 4. The lowest BCUT2D eigenvalue weighted by atomic mass is 9.93. The summed E-state index contributed by atoms with van der Waals surface area (Å²) in [6.45, 7) is 1.96. The quantitative estimate of drug-likeness (QED) is 0.413. The maximum atomic E-state index is 11.6. The molecule has 29 heavy (non-hydrogen) atoms. The van der Waals surface area contributed by atoms with Crippen molar-refractivity contribution in [1.29, 1.82) is 0 Å². The highest BCUT2D eigenvalue weighted by Crippen LogP contribution is 2.52. The third-order valence-electron chi connectivity index (χ3n) is 5.48. The standard InChI is InChI=1S/C21H18N6O2/c1-13-18(27-12-22-10-7-17(27)24-13)16-6-11-23-20(25-16)21(8-9-21)15-4-2-14(3-5-15)19(28)26-29/h2-7,10-12,29H,8-9H2,1H3,(H,26,28). The van der Waals surface area contributed by atoms with E-state index in [1.807, 2.05) is 35.6 Å². The van der Waals surface area contributed by atoms with Gasteiger partial charge in [0.25, 0.3) is 5.91 Å². The summed E-state index contributed by atoms with van der Waals surface area (Å²) in [6, 6.07) is 11.0. The monoisotopic (exact) mass is 386 g/mol. The van der Waals surface area contributed by atoms with Crippen LogP contribution in [0.15, 0.2) is 55.1 Å². The van der Waals surface area contributed by atoms with E-state index in [-0.39, 0.29) is 5.41 Å². The van der Waals surface area contributed by atoms with Crippen molar-refractivity contribution in [1.82, 2.24) is 29.8 Å². The van der Waals surface area contributed by atoms with E-state index in [0.717, 1.165) is 47.0 Å². The molecule has 1 aliphatic carbocycles. The molecule has 0 bridgehead atoms. The summed E-state index contributed by atoms with van der Waals surface area (Å²) in [6.07, 6.45) is 7.12. The summed E-state index contributed by atoms with van der Waals surface area (Å²) in [7, 11) is 0. The van der Waals surface area contributed by atoms with Gasteiger partial charge in [-0.2, -0.15) is 0 Å². The van der Waals surface area contributed by atoms with Gasteiger partial charge in [-0.1, -0.05) is 12.1 Å². The lowest BCUT2D eigenvalue weighted by molar-refractivity contribution is 0.0706. The molecule has 3 aromatic heterocycles. The Bertz CT molecular complexity index is 1230. The van der Waals surface area contributed by atoms with Crippen molar-refractivity contribution < 1.29 is 10.0 Å². The second-order valence-electron chi connectivity index (χ2n) is 7.22. The van der Waals surface area contributed by atoms with E-state index in [4.69, 9.17) is 10.2 Å². The van der Waals surface area contributed by atoms with E-state index in [1.54, 1.807) is 36.3 Å². The molecule has 0 spiro atoms. The molecule has 8 nitrogen and oxygen atoms in total.